The fraction of sp³-hybridized carbons (Fsp3) is 0.842. The van der Waals surface area contributed by atoms with Crippen molar-refractivity contribution in [3.63, 3.8) is 0 Å². The van der Waals surface area contributed by atoms with Gasteiger partial charge >= 0.3 is 0 Å². The lowest BCUT2D eigenvalue weighted by Crippen LogP contribution is -2.04. The maximum Gasteiger partial charge on any atom is 0.240 e. The molecule has 0 aromatic rings. The minimum absolute atomic E-state index is 0.481. The van der Waals surface area contributed by atoms with E-state index in [1.54, 1.807) is 0 Å². The Balaban J connectivity index is 0. The third kappa shape index (κ3) is 27.5. The van der Waals surface area contributed by atoms with Crippen LogP contribution in [0.5, 0.6) is 0 Å². The zero-order valence-electron chi connectivity index (χ0n) is 15.0. The highest BCUT2D eigenvalue weighted by Gasteiger charge is 1.93. The second kappa shape index (κ2) is 22.5. The molecule has 132 valence electrons. The minimum atomic E-state index is -0.481. The predicted octanol–water partition coefficient (Wildman–Crippen LogP) is 5.08. The van der Waals surface area contributed by atoms with Crippen LogP contribution in [0.4, 0.5) is 0 Å². The van der Waals surface area contributed by atoms with Crippen molar-refractivity contribution in [3.05, 3.63) is 12.7 Å². The van der Waals surface area contributed by atoms with Crippen molar-refractivity contribution >= 4 is 5.91 Å². The molecule has 0 radical (unpaired) electrons. The van der Waals surface area contributed by atoms with Crippen LogP contribution in [-0.2, 0) is 4.79 Å². The van der Waals surface area contributed by atoms with Gasteiger partial charge in [0.15, 0.2) is 0 Å². The fourth-order valence-corrected chi connectivity index (χ4v) is 2.34. The van der Waals surface area contributed by atoms with Crippen LogP contribution in [0.2, 0.25) is 0 Å². The molecule has 0 aliphatic rings. The molecule has 4 N–H and O–H groups in total. The summed E-state index contributed by atoms with van der Waals surface area (Å²) in [6.07, 6.45) is 20.9. The Bertz CT molecular complexity index is 215. The summed E-state index contributed by atoms with van der Waals surface area (Å²) < 4.78 is 0. The average molecular weight is 313 g/mol. The lowest BCUT2D eigenvalue weighted by atomic mass is 10.0. The van der Waals surface area contributed by atoms with E-state index in [9.17, 15) is 4.79 Å². The van der Waals surface area contributed by atoms with Gasteiger partial charge in [-0.3, -0.25) is 4.79 Å². The first-order chi connectivity index (χ1) is 10.7. The monoisotopic (exact) mass is 312 g/mol. The topological polar surface area (TPSA) is 69.1 Å². The fourth-order valence-electron chi connectivity index (χ4n) is 2.34. The van der Waals surface area contributed by atoms with Gasteiger partial charge in [-0.1, -0.05) is 97.0 Å². The molecule has 0 saturated carbocycles. The number of carbonyl (C=O) groups is 1. The standard InChI is InChI=1S/C16H35N.C3H5NO/c1-2-3-4-5-6-7-8-9-10-11-12-13-14-15-16-17;1-2-3(4)5/h2-17H2,1H3;2H,1H2,(H2,4,5). The van der Waals surface area contributed by atoms with Crippen LogP contribution >= 0.6 is 0 Å². The lowest BCUT2D eigenvalue weighted by molar-refractivity contribution is -0.113. The number of unbranched alkanes of at least 4 members (excludes halogenated alkanes) is 13. The van der Waals surface area contributed by atoms with Crippen molar-refractivity contribution in [1.29, 1.82) is 0 Å². The van der Waals surface area contributed by atoms with E-state index in [0.717, 1.165) is 12.6 Å². The summed E-state index contributed by atoms with van der Waals surface area (Å²) in [4.78, 5) is 9.47. The van der Waals surface area contributed by atoms with Crippen LogP contribution in [0.15, 0.2) is 12.7 Å². The Kier molecular flexibility index (Phi) is 23.9. The molecular formula is C19H40N2O. The average Bonchev–Trinajstić information content (AvgIpc) is 2.52. The first-order valence-electron chi connectivity index (χ1n) is 9.31. The van der Waals surface area contributed by atoms with Gasteiger partial charge in [0.2, 0.25) is 5.91 Å². The Morgan fingerprint density at radius 3 is 1.27 bits per heavy atom. The van der Waals surface area contributed by atoms with Gasteiger partial charge in [0.05, 0.1) is 0 Å². The summed E-state index contributed by atoms with van der Waals surface area (Å²) in [7, 11) is 0. The van der Waals surface area contributed by atoms with Gasteiger partial charge in [-0.2, -0.15) is 0 Å². The van der Waals surface area contributed by atoms with Crippen molar-refractivity contribution < 1.29 is 4.79 Å². The molecule has 0 fully saturated rings. The minimum Gasteiger partial charge on any atom is -0.366 e. The molecule has 3 nitrogen and oxygen atoms in total. The van der Waals surface area contributed by atoms with Crippen LogP contribution in [0.25, 0.3) is 0 Å². The number of hydrogen-bond donors (Lipinski definition) is 2. The van der Waals surface area contributed by atoms with Crippen molar-refractivity contribution in [2.24, 2.45) is 11.5 Å². The predicted molar refractivity (Wildman–Crippen MR) is 98.8 cm³/mol. The number of carbonyl (C=O) groups excluding carboxylic acids is 1. The van der Waals surface area contributed by atoms with E-state index in [4.69, 9.17) is 5.73 Å². The van der Waals surface area contributed by atoms with E-state index in [2.05, 4.69) is 19.2 Å². The molecule has 0 atom stereocenters. The summed E-state index contributed by atoms with van der Waals surface area (Å²) in [5.74, 6) is -0.481. The molecular weight excluding hydrogens is 272 g/mol. The molecule has 0 aromatic heterocycles. The lowest BCUT2D eigenvalue weighted by Gasteiger charge is -2.02. The highest BCUT2D eigenvalue weighted by atomic mass is 16.1. The summed E-state index contributed by atoms with van der Waals surface area (Å²) in [6, 6.07) is 0. The van der Waals surface area contributed by atoms with Gasteiger partial charge in [-0.25, -0.2) is 0 Å². The van der Waals surface area contributed by atoms with E-state index >= 15 is 0 Å². The molecule has 0 aliphatic heterocycles. The smallest absolute Gasteiger partial charge is 0.240 e. The van der Waals surface area contributed by atoms with E-state index in [-0.39, 0.29) is 0 Å². The number of amides is 1. The van der Waals surface area contributed by atoms with Crippen molar-refractivity contribution in [2.75, 3.05) is 6.54 Å². The van der Waals surface area contributed by atoms with Crippen LogP contribution in [0.1, 0.15) is 96.8 Å². The zero-order chi connectivity index (χ0) is 16.9. The maximum absolute atomic E-state index is 9.47. The number of rotatable bonds is 15. The molecule has 0 saturated heterocycles. The molecule has 3 heteroatoms. The zero-order valence-corrected chi connectivity index (χ0v) is 15.0. The largest absolute Gasteiger partial charge is 0.366 e. The first-order valence-corrected chi connectivity index (χ1v) is 9.31. The van der Waals surface area contributed by atoms with Gasteiger partial charge in [0.25, 0.3) is 0 Å². The van der Waals surface area contributed by atoms with Crippen LogP contribution < -0.4 is 11.5 Å². The van der Waals surface area contributed by atoms with Gasteiger partial charge in [0.1, 0.15) is 0 Å². The highest BCUT2D eigenvalue weighted by Crippen LogP contribution is 2.12. The van der Waals surface area contributed by atoms with Gasteiger partial charge in [-0.15, -0.1) is 0 Å². The van der Waals surface area contributed by atoms with Crippen LogP contribution in [-0.4, -0.2) is 12.5 Å². The molecule has 0 unspecified atom stereocenters. The molecule has 0 aliphatic carbocycles. The quantitative estimate of drug-likeness (QED) is 0.327. The normalized spacial score (nSPS) is 9.91. The molecule has 1 amide bonds. The van der Waals surface area contributed by atoms with Crippen molar-refractivity contribution in [2.45, 2.75) is 96.8 Å². The van der Waals surface area contributed by atoms with E-state index in [0.29, 0.717) is 0 Å². The summed E-state index contributed by atoms with van der Waals surface area (Å²) in [5.41, 5.74) is 10.0. The first kappa shape index (κ1) is 23.4. The summed E-state index contributed by atoms with van der Waals surface area (Å²) in [6.45, 7) is 6.24. The number of hydrogen-bond acceptors (Lipinski definition) is 2. The Morgan fingerprint density at radius 1 is 0.773 bits per heavy atom. The second-order valence-electron chi connectivity index (χ2n) is 5.99. The van der Waals surface area contributed by atoms with Crippen molar-refractivity contribution in [1.82, 2.24) is 0 Å². The molecule has 0 bridgehead atoms. The maximum atomic E-state index is 9.47. The van der Waals surface area contributed by atoms with Crippen LogP contribution in [0.3, 0.4) is 0 Å². The van der Waals surface area contributed by atoms with Gasteiger partial charge < -0.3 is 11.5 Å². The van der Waals surface area contributed by atoms with Gasteiger partial charge in [-0.05, 0) is 19.0 Å². The number of nitrogens with two attached hydrogens (primary N) is 2. The third-order valence-electron chi connectivity index (χ3n) is 3.76. The van der Waals surface area contributed by atoms with Crippen molar-refractivity contribution in [3.8, 4) is 0 Å². The SMILES string of the molecule is C=CC(N)=O.CCCCCCCCCCCCCCCCN. The highest BCUT2D eigenvalue weighted by molar-refractivity contribution is 5.84. The molecule has 0 heterocycles. The Labute approximate surface area is 138 Å². The molecule has 0 rings (SSSR count). The second-order valence-corrected chi connectivity index (χ2v) is 5.99. The summed E-state index contributed by atoms with van der Waals surface area (Å²) >= 11 is 0. The Hall–Kier alpha value is -0.830. The number of primary amides is 1. The van der Waals surface area contributed by atoms with Gasteiger partial charge in [0, 0.05) is 0 Å². The summed E-state index contributed by atoms with van der Waals surface area (Å²) in [5, 5.41) is 0. The van der Waals surface area contributed by atoms with Crippen LogP contribution in [0, 0.1) is 0 Å². The molecule has 0 spiro atoms. The molecule has 22 heavy (non-hydrogen) atoms. The Morgan fingerprint density at radius 2 is 1.05 bits per heavy atom. The van der Waals surface area contributed by atoms with E-state index < -0.39 is 5.91 Å². The van der Waals surface area contributed by atoms with E-state index in [1.165, 1.54) is 89.9 Å². The van der Waals surface area contributed by atoms with E-state index in [1.807, 2.05) is 0 Å². The third-order valence-corrected chi connectivity index (χ3v) is 3.76. The molecule has 0 aromatic carbocycles.